The van der Waals surface area contributed by atoms with E-state index in [9.17, 15) is 4.79 Å². The van der Waals surface area contributed by atoms with Gasteiger partial charge in [-0.2, -0.15) is 0 Å². The van der Waals surface area contributed by atoms with Crippen LogP contribution in [0.4, 0.5) is 0 Å². The van der Waals surface area contributed by atoms with E-state index in [2.05, 4.69) is 6.92 Å². The van der Waals surface area contributed by atoms with Crippen molar-refractivity contribution in [3.8, 4) is 11.5 Å². The first-order valence-corrected chi connectivity index (χ1v) is 9.28. The van der Waals surface area contributed by atoms with Gasteiger partial charge in [-0.25, -0.2) is 4.79 Å². The van der Waals surface area contributed by atoms with E-state index in [4.69, 9.17) is 37.4 Å². The molecular weight excluding hydrogens is 351 g/mol. The third-order valence-electron chi connectivity index (χ3n) is 3.47. The van der Waals surface area contributed by atoms with Crippen LogP contribution < -0.4 is 9.47 Å². The number of carbonyl (C=O) groups excluding carboxylic acids is 1. The Bertz CT molecular complexity index is 506. The van der Waals surface area contributed by atoms with E-state index in [1.807, 2.05) is 0 Å². The van der Waals surface area contributed by atoms with E-state index < -0.39 is 5.97 Å². The number of rotatable bonds is 12. The van der Waals surface area contributed by atoms with E-state index >= 15 is 0 Å². The molecule has 0 aliphatic carbocycles. The van der Waals surface area contributed by atoms with Crippen molar-refractivity contribution in [2.45, 2.75) is 45.4 Å². The minimum absolute atomic E-state index is 0.334. The van der Waals surface area contributed by atoms with Crippen LogP contribution in [-0.4, -0.2) is 32.2 Å². The predicted molar refractivity (Wildman–Crippen MR) is 97.9 cm³/mol. The van der Waals surface area contributed by atoms with Gasteiger partial charge in [-0.05, 0) is 31.4 Å². The molecule has 0 spiro atoms. The summed E-state index contributed by atoms with van der Waals surface area (Å²) in [4.78, 5) is 12.1. The number of hydrogen-bond donors (Lipinski definition) is 0. The number of benzene rings is 1. The number of alkyl halides is 1. The first-order valence-electron chi connectivity index (χ1n) is 8.37. The van der Waals surface area contributed by atoms with Crippen molar-refractivity contribution in [3.05, 3.63) is 22.7 Å². The molecule has 0 aliphatic heterocycles. The Kier molecular flexibility index (Phi) is 10.7. The van der Waals surface area contributed by atoms with E-state index in [1.54, 1.807) is 12.1 Å². The van der Waals surface area contributed by atoms with E-state index in [0.717, 1.165) is 25.7 Å². The van der Waals surface area contributed by atoms with Gasteiger partial charge in [0.1, 0.15) is 0 Å². The summed E-state index contributed by atoms with van der Waals surface area (Å²) in [7, 11) is 1.52. The van der Waals surface area contributed by atoms with Crippen molar-refractivity contribution in [3.63, 3.8) is 0 Å². The summed E-state index contributed by atoms with van der Waals surface area (Å²) in [6.07, 6.45) is 5.97. The molecule has 0 amide bonds. The van der Waals surface area contributed by atoms with Crippen molar-refractivity contribution in [2.75, 3.05) is 26.2 Å². The van der Waals surface area contributed by atoms with Crippen LogP contribution in [0.2, 0.25) is 5.02 Å². The molecule has 6 heteroatoms. The summed E-state index contributed by atoms with van der Waals surface area (Å²) in [6.45, 7) is 3.06. The van der Waals surface area contributed by atoms with E-state index in [1.165, 1.54) is 20.0 Å². The highest BCUT2D eigenvalue weighted by atomic mass is 35.5. The molecule has 0 unspecified atom stereocenters. The molecule has 1 aromatic carbocycles. The number of ether oxygens (including phenoxy) is 3. The topological polar surface area (TPSA) is 44.8 Å². The van der Waals surface area contributed by atoms with Crippen LogP contribution in [-0.2, 0) is 4.74 Å². The SMILES string of the molecule is CCCCCCOc1c(Cl)cc(C(=O)OCCCCCl)cc1OC. The van der Waals surface area contributed by atoms with Gasteiger partial charge in [0.2, 0.25) is 0 Å². The predicted octanol–water partition coefficient (Wildman–Crippen LogP) is 5.48. The Morgan fingerprint density at radius 1 is 1.08 bits per heavy atom. The molecule has 0 bridgehead atoms. The van der Waals surface area contributed by atoms with Crippen LogP contribution in [0.5, 0.6) is 11.5 Å². The molecule has 0 N–H and O–H groups in total. The Morgan fingerprint density at radius 2 is 1.83 bits per heavy atom. The Morgan fingerprint density at radius 3 is 2.50 bits per heavy atom. The second-order valence-electron chi connectivity index (χ2n) is 5.43. The van der Waals surface area contributed by atoms with Gasteiger partial charge in [-0.15, -0.1) is 11.6 Å². The maximum absolute atomic E-state index is 12.1. The molecule has 0 aromatic heterocycles. The minimum Gasteiger partial charge on any atom is -0.493 e. The first-order chi connectivity index (χ1) is 11.6. The summed E-state index contributed by atoms with van der Waals surface area (Å²) in [5, 5.41) is 0.345. The zero-order valence-electron chi connectivity index (χ0n) is 14.4. The monoisotopic (exact) mass is 376 g/mol. The number of unbranched alkanes of at least 4 members (excludes halogenated alkanes) is 4. The fourth-order valence-electron chi connectivity index (χ4n) is 2.13. The standard InChI is InChI=1S/C18H26Cl2O4/c1-3-4-5-7-10-23-17-15(20)12-14(13-16(17)22-2)18(21)24-11-8-6-9-19/h12-13H,3-11H2,1-2H3. The van der Waals surface area contributed by atoms with Crippen LogP contribution in [0.1, 0.15) is 55.8 Å². The highest BCUT2D eigenvalue weighted by Crippen LogP contribution is 2.36. The fraction of sp³-hybridized carbons (Fsp3) is 0.611. The molecule has 0 radical (unpaired) electrons. The van der Waals surface area contributed by atoms with E-state index in [-0.39, 0.29) is 0 Å². The van der Waals surface area contributed by atoms with Gasteiger partial charge in [0.05, 0.1) is 30.9 Å². The fourth-order valence-corrected chi connectivity index (χ4v) is 2.58. The Balaban J connectivity index is 2.67. The van der Waals surface area contributed by atoms with E-state index in [0.29, 0.717) is 41.2 Å². The minimum atomic E-state index is -0.431. The van der Waals surface area contributed by atoms with Crippen LogP contribution in [0, 0.1) is 0 Å². The third kappa shape index (κ3) is 7.18. The molecule has 1 rings (SSSR count). The number of methoxy groups -OCH3 is 1. The van der Waals surface area contributed by atoms with Crippen molar-refractivity contribution in [1.82, 2.24) is 0 Å². The molecular formula is C18H26Cl2O4. The van der Waals surface area contributed by atoms with Crippen LogP contribution >= 0.6 is 23.2 Å². The molecule has 0 fully saturated rings. The molecule has 0 atom stereocenters. The van der Waals surface area contributed by atoms with Crippen LogP contribution in [0.25, 0.3) is 0 Å². The summed E-state index contributed by atoms with van der Waals surface area (Å²) < 4.78 is 16.2. The maximum atomic E-state index is 12.1. The number of esters is 1. The zero-order valence-corrected chi connectivity index (χ0v) is 15.9. The van der Waals surface area contributed by atoms with Crippen LogP contribution in [0.15, 0.2) is 12.1 Å². The quantitative estimate of drug-likeness (QED) is 0.275. The van der Waals surface area contributed by atoms with Gasteiger partial charge < -0.3 is 14.2 Å². The van der Waals surface area contributed by atoms with Gasteiger partial charge in [0, 0.05) is 5.88 Å². The molecule has 4 nitrogen and oxygen atoms in total. The normalized spacial score (nSPS) is 10.5. The number of hydrogen-bond acceptors (Lipinski definition) is 4. The number of carbonyl (C=O) groups is 1. The highest BCUT2D eigenvalue weighted by molar-refractivity contribution is 6.32. The van der Waals surface area contributed by atoms with Gasteiger partial charge in [0.25, 0.3) is 0 Å². The van der Waals surface area contributed by atoms with Crippen molar-refractivity contribution < 1.29 is 19.0 Å². The molecule has 136 valence electrons. The van der Waals surface area contributed by atoms with Crippen molar-refractivity contribution in [1.29, 1.82) is 0 Å². The third-order valence-corrected chi connectivity index (χ3v) is 4.02. The largest absolute Gasteiger partial charge is 0.493 e. The lowest BCUT2D eigenvalue weighted by atomic mass is 10.2. The van der Waals surface area contributed by atoms with Crippen LogP contribution in [0.3, 0.4) is 0 Å². The molecule has 0 aliphatic rings. The summed E-state index contributed by atoms with van der Waals surface area (Å²) in [5.74, 6) is 1.03. The Hall–Kier alpha value is -1.13. The average molecular weight is 377 g/mol. The average Bonchev–Trinajstić information content (AvgIpc) is 2.59. The van der Waals surface area contributed by atoms with Gasteiger partial charge in [-0.1, -0.05) is 37.8 Å². The van der Waals surface area contributed by atoms with Crippen molar-refractivity contribution in [2.24, 2.45) is 0 Å². The second kappa shape index (κ2) is 12.3. The molecule has 1 aromatic rings. The summed E-state index contributed by atoms with van der Waals surface area (Å²) >= 11 is 11.8. The second-order valence-corrected chi connectivity index (χ2v) is 6.22. The van der Waals surface area contributed by atoms with Crippen molar-refractivity contribution >= 4 is 29.2 Å². The zero-order chi connectivity index (χ0) is 17.8. The molecule has 0 saturated carbocycles. The maximum Gasteiger partial charge on any atom is 0.338 e. The lowest BCUT2D eigenvalue weighted by molar-refractivity contribution is 0.0499. The van der Waals surface area contributed by atoms with Gasteiger partial charge >= 0.3 is 5.97 Å². The molecule has 24 heavy (non-hydrogen) atoms. The van der Waals surface area contributed by atoms with Gasteiger partial charge in [0.15, 0.2) is 11.5 Å². The highest BCUT2D eigenvalue weighted by Gasteiger charge is 2.16. The molecule has 0 saturated heterocycles. The Labute approximate surface area is 154 Å². The lowest BCUT2D eigenvalue weighted by Crippen LogP contribution is -2.08. The molecule has 0 heterocycles. The number of halogens is 2. The summed E-state index contributed by atoms with van der Waals surface area (Å²) in [6, 6.07) is 3.15. The summed E-state index contributed by atoms with van der Waals surface area (Å²) in [5.41, 5.74) is 0.348. The smallest absolute Gasteiger partial charge is 0.338 e. The van der Waals surface area contributed by atoms with Gasteiger partial charge in [-0.3, -0.25) is 0 Å². The lowest BCUT2D eigenvalue weighted by Gasteiger charge is -2.14. The first kappa shape index (κ1) is 20.9.